The molecule has 0 saturated carbocycles. The van der Waals surface area contributed by atoms with Crippen molar-refractivity contribution in [1.82, 2.24) is 0 Å². The fourth-order valence-corrected chi connectivity index (χ4v) is 5.82. The van der Waals surface area contributed by atoms with Crippen molar-refractivity contribution >= 4 is 75.1 Å². The molecule has 3 rings (SSSR count). The topological polar surface area (TPSA) is 86.3 Å². The summed E-state index contributed by atoms with van der Waals surface area (Å²) in [5.41, 5.74) is 1.90. The predicted octanol–water partition coefficient (Wildman–Crippen LogP) is 8.65. The SMILES string of the molecule is O=[N+]([O-])c1cc([N+](=O)[O-])c([C@H](Br)[C@H](Br)c2ccccc2)cc1[C@@H](Br)[C@@H](Br)c1ccccc1. The number of rotatable bonds is 8. The second-order valence-corrected chi connectivity index (χ2v) is 10.9. The highest BCUT2D eigenvalue weighted by atomic mass is 79.9. The Kier molecular flexibility index (Phi) is 8.60. The van der Waals surface area contributed by atoms with E-state index < -0.39 is 19.5 Å². The van der Waals surface area contributed by atoms with Gasteiger partial charge in [-0.15, -0.1) is 0 Å². The second kappa shape index (κ2) is 11.0. The average molecular weight is 692 g/mol. The fraction of sp³-hybridized carbons (Fsp3) is 0.182. The van der Waals surface area contributed by atoms with Crippen molar-refractivity contribution in [3.05, 3.63) is 115 Å². The van der Waals surface area contributed by atoms with Crippen molar-refractivity contribution < 1.29 is 9.85 Å². The number of nitro groups is 2. The van der Waals surface area contributed by atoms with Crippen LogP contribution in [0.3, 0.4) is 0 Å². The summed E-state index contributed by atoms with van der Waals surface area (Å²) in [7, 11) is 0. The molecule has 0 spiro atoms. The molecule has 0 amide bonds. The van der Waals surface area contributed by atoms with Gasteiger partial charge in [0.2, 0.25) is 0 Å². The molecule has 0 fully saturated rings. The number of alkyl halides is 4. The fourth-order valence-electron chi connectivity index (χ4n) is 3.30. The van der Waals surface area contributed by atoms with Crippen molar-refractivity contribution in [2.24, 2.45) is 0 Å². The van der Waals surface area contributed by atoms with Gasteiger partial charge in [-0.05, 0) is 17.2 Å². The molecule has 4 atom stereocenters. The third kappa shape index (κ3) is 5.47. The van der Waals surface area contributed by atoms with Gasteiger partial charge in [0, 0.05) is 11.1 Å². The monoisotopic (exact) mass is 688 g/mol. The summed E-state index contributed by atoms with van der Waals surface area (Å²) in [5.74, 6) is 0. The van der Waals surface area contributed by atoms with Gasteiger partial charge in [-0.3, -0.25) is 20.2 Å². The van der Waals surface area contributed by atoms with Gasteiger partial charge in [0.05, 0.1) is 35.2 Å². The maximum absolute atomic E-state index is 11.8. The van der Waals surface area contributed by atoms with Crippen LogP contribution in [-0.2, 0) is 0 Å². The van der Waals surface area contributed by atoms with Crippen molar-refractivity contribution in [3.63, 3.8) is 0 Å². The van der Waals surface area contributed by atoms with Crippen LogP contribution in [0.2, 0.25) is 0 Å². The Bertz CT molecular complexity index is 1030. The molecule has 0 heterocycles. The van der Waals surface area contributed by atoms with E-state index in [9.17, 15) is 20.2 Å². The zero-order valence-corrected chi connectivity index (χ0v) is 22.6. The minimum atomic E-state index is -0.586. The van der Waals surface area contributed by atoms with E-state index >= 15 is 0 Å². The second-order valence-electron chi connectivity index (χ2n) is 6.91. The highest BCUT2D eigenvalue weighted by Gasteiger charge is 2.35. The number of halogens is 4. The lowest BCUT2D eigenvalue weighted by molar-refractivity contribution is -0.395. The van der Waals surface area contributed by atoms with Crippen LogP contribution in [0.4, 0.5) is 11.4 Å². The number of benzene rings is 3. The molecule has 10 heteroatoms. The summed E-state index contributed by atoms with van der Waals surface area (Å²) < 4.78 is 0. The largest absolute Gasteiger partial charge is 0.280 e. The van der Waals surface area contributed by atoms with Gasteiger partial charge in [0.15, 0.2) is 0 Å². The molecule has 166 valence electrons. The van der Waals surface area contributed by atoms with Crippen LogP contribution in [0.1, 0.15) is 41.6 Å². The molecule has 0 N–H and O–H groups in total. The first-order valence-electron chi connectivity index (χ1n) is 9.35. The maximum atomic E-state index is 11.8. The van der Waals surface area contributed by atoms with Gasteiger partial charge in [-0.2, -0.15) is 0 Å². The van der Waals surface area contributed by atoms with Crippen LogP contribution in [0.25, 0.3) is 0 Å². The molecule has 0 bridgehead atoms. The molecule has 3 aromatic carbocycles. The van der Waals surface area contributed by atoms with Crippen LogP contribution < -0.4 is 0 Å². The zero-order valence-electron chi connectivity index (χ0n) is 16.3. The summed E-state index contributed by atoms with van der Waals surface area (Å²) in [6.07, 6.45) is 0. The van der Waals surface area contributed by atoms with E-state index in [1.54, 1.807) is 6.07 Å². The van der Waals surface area contributed by atoms with E-state index in [0.717, 1.165) is 17.2 Å². The van der Waals surface area contributed by atoms with Gasteiger partial charge in [0.25, 0.3) is 11.4 Å². The van der Waals surface area contributed by atoms with Crippen molar-refractivity contribution in [2.75, 3.05) is 0 Å². The summed E-state index contributed by atoms with van der Waals surface area (Å²) in [6, 6.07) is 21.5. The van der Waals surface area contributed by atoms with E-state index in [4.69, 9.17) is 0 Å². The number of hydrogen-bond donors (Lipinski definition) is 0. The lowest BCUT2D eigenvalue weighted by atomic mass is 9.96. The Balaban J connectivity index is 2.13. The van der Waals surface area contributed by atoms with E-state index in [1.165, 1.54) is 0 Å². The highest BCUT2D eigenvalue weighted by Crippen LogP contribution is 2.51. The first-order valence-corrected chi connectivity index (χ1v) is 13.0. The van der Waals surface area contributed by atoms with Crippen LogP contribution in [0.5, 0.6) is 0 Å². The third-order valence-corrected chi connectivity index (χ3v) is 10.5. The smallest absolute Gasteiger partial charge is 0.258 e. The molecule has 32 heavy (non-hydrogen) atoms. The van der Waals surface area contributed by atoms with Gasteiger partial charge < -0.3 is 0 Å². The molecule has 3 aromatic rings. The first-order chi connectivity index (χ1) is 15.2. The Hall–Kier alpha value is -1.62. The van der Waals surface area contributed by atoms with Gasteiger partial charge in [0.1, 0.15) is 0 Å². The molecule has 0 aliphatic rings. The molecule has 0 saturated heterocycles. The van der Waals surface area contributed by atoms with Gasteiger partial charge in [-0.25, -0.2) is 0 Å². The molecule has 0 aromatic heterocycles. The first kappa shape index (κ1) is 25.0. The summed E-state index contributed by atoms with van der Waals surface area (Å²) >= 11 is 14.4. The van der Waals surface area contributed by atoms with E-state index in [1.807, 2.05) is 60.7 Å². The standard InChI is InChI=1S/C22H16Br4N2O4/c23-19(13-7-3-1-4-8-13)21(25)15-11-16(18(28(31)32)12-17(15)27(29)30)22(26)20(24)14-9-5-2-6-10-14/h1-12,19-22H/t19-,20+,21+,22-. The lowest BCUT2D eigenvalue weighted by Gasteiger charge is -2.21. The minimum Gasteiger partial charge on any atom is -0.258 e. The minimum absolute atomic E-state index is 0.292. The van der Waals surface area contributed by atoms with Crippen LogP contribution in [-0.4, -0.2) is 9.85 Å². The van der Waals surface area contributed by atoms with Crippen LogP contribution in [0.15, 0.2) is 72.8 Å². The van der Waals surface area contributed by atoms with Crippen molar-refractivity contribution in [3.8, 4) is 0 Å². The molecule has 0 unspecified atom stereocenters. The number of nitro benzene ring substituents is 2. The van der Waals surface area contributed by atoms with Crippen molar-refractivity contribution in [1.29, 1.82) is 0 Å². The molecular formula is C22H16Br4N2O4. The summed E-state index contributed by atoms with van der Waals surface area (Å²) in [4.78, 5) is 20.9. The molecular weight excluding hydrogens is 676 g/mol. The van der Waals surface area contributed by atoms with E-state index in [0.29, 0.717) is 11.1 Å². The van der Waals surface area contributed by atoms with Gasteiger partial charge >= 0.3 is 0 Å². The maximum Gasteiger partial charge on any atom is 0.280 e. The van der Waals surface area contributed by atoms with Gasteiger partial charge in [-0.1, -0.05) is 124 Å². The molecule has 0 radical (unpaired) electrons. The van der Waals surface area contributed by atoms with E-state index in [2.05, 4.69) is 63.7 Å². The van der Waals surface area contributed by atoms with E-state index in [-0.39, 0.29) is 21.0 Å². The summed E-state index contributed by atoms with van der Waals surface area (Å²) in [5, 5.41) is 23.6. The molecule has 0 aliphatic carbocycles. The molecule has 0 aliphatic heterocycles. The number of hydrogen-bond acceptors (Lipinski definition) is 4. The normalized spacial score (nSPS) is 14.9. The Morgan fingerprint density at radius 1 is 0.562 bits per heavy atom. The Morgan fingerprint density at radius 3 is 1.22 bits per heavy atom. The zero-order chi connectivity index (χ0) is 23.4. The molecule has 6 nitrogen and oxygen atoms in total. The predicted molar refractivity (Wildman–Crippen MR) is 139 cm³/mol. The quantitative estimate of drug-likeness (QED) is 0.134. The van der Waals surface area contributed by atoms with Crippen molar-refractivity contribution in [2.45, 2.75) is 19.3 Å². The van der Waals surface area contributed by atoms with Crippen LogP contribution in [0, 0.1) is 20.2 Å². The Labute approximate surface area is 218 Å². The van der Waals surface area contributed by atoms with Crippen LogP contribution >= 0.6 is 63.7 Å². The highest BCUT2D eigenvalue weighted by molar-refractivity contribution is 9.12. The summed E-state index contributed by atoms with van der Waals surface area (Å²) in [6.45, 7) is 0. The third-order valence-electron chi connectivity index (χ3n) is 4.91. The number of nitrogens with zero attached hydrogens (tertiary/aromatic N) is 2. The lowest BCUT2D eigenvalue weighted by Crippen LogP contribution is -2.09. The Morgan fingerprint density at radius 2 is 0.906 bits per heavy atom. The average Bonchev–Trinajstić information content (AvgIpc) is 2.82.